The van der Waals surface area contributed by atoms with Crippen molar-refractivity contribution in [3.8, 4) is 11.5 Å². The number of benzene rings is 1. The van der Waals surface area contributed by atoms with Crippen LogP contribution in [0.3, 0.4) is 0 Å². The van der Waals surface area contributed by atoms with Crippen molar-refractivity contribution in [2.45, 2.75) is 32.1 Å². The van der Waals surface area contributed by atoms with E-state index in [4.69, 9.17) is 9.47 Å². The van der Waals surface area contributed by atoms with Crippen molar-refractivity contribution in [1.29, 1.82) is 0 Å². The maximum Gasteiger partial charge on any atom is 0.193 e. The van der Waals surface area contributed by atoms with Gasteiger partial charge in [0, 0.05) is 32.6 Å². The first-order chi connectivity index (χ1) is 12.0. The molecule has 138 valence electrons. The van der Waals surface area contributed by atoms with E-state index in [1.54, 1.807) is 0 Å². The summed E-state index contributed by atoms with van der Waals surface area (Å²) < 4.78 is 11.3. The van der Waals surface area contributed by atoms with E-state index >= 15 is 0 Å². The zero-order chi connectivity index (χ0) is 18.3. The van der Waals surface area contributed by atoms with Crippen molar-refractivity contribution in [2.75, 3.05) is 40.4 Å². The highest BCUT2D eigenvalue weighted by Crippen LogP contribution is 2.34. The molecule has 0 aliphatic carbocycles. The van der Waals surface area contributed by atoms with E-state index in [1.165, 1.54) is 5.56 Å². The number of hydrogen-bond acceptors (Lipinski definition) is 3. The van der Waals surface area contributed by atoms with Crippen LogP contribution in [0, 0.1) is 0 Å². The van der Waals surface area contributed by atoms with Gasteiger partial charge in [0.15, 0.2) is 17.5 Å². The average molecular weight is 345 g/mol. The van der Waals surface area contributed by atoms with Gasteiger partial charge in [-0.15, -0.1) is 6.58 Å². The molecule has 1 aliphatic heterocycles. The number of allylic oxidation sites excluding steroid dienone is 1. The summed E-state index contributed by atoms with van der Waals surface area (Å²) >= 11 is 0. The Morgan fingerprint density at radius 1 is 1.32 bits per heavy atom. The standard InChI is InChI=1S/C20H31N3O2/c1-6-7-8-11-23(5)19(21-4)22-15-20(2,3)16-9-10-17-18(14-16)25-13-12-24-17/h6,9-10,14H,1,7-8,11-13,15H2,2-5H3,(H,21,22). The third-order valence-corrected chi connectivity index (χ3v) is 4.49. The molecule has 0 radical (unpaired) electrons. The summed E-state index contributed by atoms with van der Waals surface area (Å²) in [6.45, 7) is 11.2. The van der Waals surface area contributed by atoms with Gasteiger partial charge in [0.1, 0.15) is 13.2 Å². The number of nitrogens with one attached hydrogen (secondary N) is 1. The van der Waals surface area contributed by atoms with Crippen molar-refractivity contribution >= 4 is 5.96 Å². The predicted octanol–water partition coefficient (Wildman–Crippen LogP) is 3.21. The van der Waals surface area contributed by atoms with E-state index in [1.807, 2.05) is 19.2 Å². The molecule has 0 saturated carbocycles. The number of fused-ring (bicyclic) bond motifs is 1. The summed E-state index contributed by atoms with van der Waals surface area (Å²) in [6, 6.07) is 6.21. The molecule has 0 amide bonds. The summed E-state index contributed by atoms with van der Waals surface area (Å²) in [7, 11) is 3.89. The largest absolute Gasteiger partial charge is 0.486 e. The van der Waals surface area contributed by atoms with Crippen molar-refractivity contribution in [3.05, 3.63) is 36.4 Å². The molecule has 0 spiro atoms. The van der Waals surface area contributed by atoms with Crippen LogP contribution in [0.4, 0.5) is 0 Å². The van der Waals surface area contributed by atoms with Gasteiger partial charge in [-0.3, -0.25) is 4.99 Å². The quantitative estimate of drug-likeness (QED) is 0.357. The smallest absolute Gasteiger partial charge is 0.193 e. The molecule has 0 atom stereocenters. The molecule has 0 fully saturated rings. The molecule has 0 aromatic heterocycles. The molecule has 1 N–H and O–H groups in total. The summed E-state index contributed by atoms with van der Waals surface area (Å²) in [5, 5.41) is 3.49. The van der Waals surface area contributed by atoms with Gasteiger partial charge in [-0.05, 0) is 30.5 Å². The molecule has 1 heterocycles. The van der Waals surface area contributed by atoms with Gasteiger partial charge in [-0.25, -0.2) is 0 Å². The number of ether oxygens (including phenoxy) is 2. The highest BCUT2D eigenvalue weighted by molar-refractivity contribution is 5.79. The van der Waals surface area contributed by atoms with E-state index in [-0.39, 0.29) is 5.41 Å². The van der Waals surface area contributed by atoms with Gasteiger partial charge in [-0.2, -0.15) is 0 Å². The minimum atomic E-state index is -0.0618. The lowest BCUT2D eigenvalue weighted by molar-refractivity contribution is 0.171. The fraction of sp³-hybridized carbons (Fsp3) is 0.550. The second-order valence-electron chi connectivity index (χ2n) is 7.00. The second kappa shape index (κ2) is 8.79. The third-order valence-electron chi connectivity index (χ3n) is 4.49. The molecular weight excluding hydrogens is 314 g/mol. The fourth-order valence-electron chi connectivity index (χ4n) is 2.83. The predicted molar refractivity (Wildman–Crippen MR) is 104 cm³/mol. The molecule has 25 heavy (non-hydrogen) atoms. The van der Waals surface area contributed by atoms with Gasteiger partial charge in [0.25, 0.3) is 0 Å². The van der Waals surface area contributed by atoms with Gasteiger partial charge in [-0.1, -0.05) is 26.0 Å². The Hall–Kier alpha value is -2.17. The van der Waals surface area contributed by atoms with Crippen LogP contribution >= 0.6 is 0 Å². The Labute approximate surface area is 151 Å². The molecule has 5 heteroatoms. The number of aliphatic imine (C=N–C) groups is 1. The van der Waals surface area contributed by atoms with Crippen molar-refractivity contribution in [2.24, 2.45) is 4.99 Å². The maximum atomic E-state index is 5.71. The maximum absolute atomic E-state index is 5.71. The molecule has 0 saturated heterocycles. The third kappa shape index (κ3) is 5.15. The molecular formula is C20H31N3O2. The molecule has 2 rings (SSSR count). The molecule has 1 aliphatic rings. The van der Waals surface area contributed by atoms with E-state index in [9.17, 15) is 0 Å². The van der Waals surface area contributed by atoms with E-state index in [2.05, 4.69) is 54.8 Å². The van der Waals surface area contributed by atoms with Crippen LogP contribution < -0.4 is 14.8 Å². The van der Waals surface area contributed by atoms with Crippen LogP contribution in [0.2, 0.25) is 0 Å². The molecule has 5 nitrogen and oxygen atoms in total. The number of unbranched alkanes of at least 4 members (excludes halogenated alkanes) is 1. The number of nitrogens with zero attached hydrogens (tertiary/aromatic N) is 2. The zero-order valence-corrected chi connectivity index (χ0v) is 16.0. The summed E-state index contributed by atoms with van der Waals surface area (Å²) in [5.41, 5.74) is 1.15. The van der Waals surface area contributed by atoms with E-state index in [0.29, 0.717) is 13.2 Å². The first-order valence-electron chi connectivity index (χ1n) is 8.91. The van der Waals surface area contributed by atoms with Gasteiger partial charge >= 0.3 is 0 Å². The average Bonchev–Trinajstić information content (AvgIpc) is 2.62. The lowest BCUT2D eigenvalue weighted by Crippen LogP contribution is -2.44. The lowest BCUT2D eigenvalue weighted by atomic mass is 9.84. The van der Waals surface area contributed by atoms with Gasteiger partial charge < -0.3 is 19.7 Å². The SMILES string of the molecule is C=CCCCN(C)C(=NC)NCC(C)(C)c1ccc2c(c1)OCCO2. The fourth-order valence-corrected chi connectivity index (χ4v) is 2.83. The topological polar surface area (TPSA) is 46.1 Å². The van der Waals surface area contributed by atoms with Crippen LogP contribution in [0.1, 0.15) is 32.3 Å². The van der Waals surface area contributed by atoms with Crippen LogP contribution in [0.25, 0.3) is 0 Å². The Morgan fingerprint density at radius 3 is 2.72 bits per heavy atom. The van der Waals surface area contributed by atoms with Crippen LogP contribution in [0.5, 0.6) is 11.5 Å². The Morgan fingerprint density at radius 2 is 2.04 bits per heavy atom. The normalized spacial score (nSPS) is 14.2. The summed E-state index contributed by atoms with van der Waals surface area (Å²) in [4.78, 5) is 6.55. The van der Waals surface area contributed by atoms with Gasteiger partial charge in [0.05, 0.1) is 0 Å². The van der Waals surface area contributed by atoms with Crippen LogP contribution in [-0.2, 0) is 5.41 Å². The Bertz CT molecular complexity index is 611. The molecule has 0 unspecified atom stereocenters. The zero-order valence-electron chi connectivity index (χ0n) is 16.0. The number of hydrogen-bond donors (Lipinski definition) is 1. The monoisotopic (exact) mass is 345 g/mol. The first kappa shape index (κ1) is 19.2. The highest BCUT2D eigenvalue weighted by atomic mass is 16.6. The van der Waals surface area contributed by atoms with E-state index < -0.39 is 0 Å². The van der Waals surface area contributed by atoms with Crippen molar-refractivity contribution in [3.63, 3.8) is 0 Å². The lowest BCUT2D eigenvalue weighted by Gasteiger charge is -2.30. The van der Waals surface area contributed by atoms with Crippen LogP contribution in [0.15, 0.2) is 35.8 Å². The Balaban J connectivity index is 1.98. The van der Waals surface area contributed by atoms with Gasteiger partial charge in [0.2, 0.25) is 0 Å². The Kier molecular flexibility index (Phi) is 6.73. The molecule has 0 bridgehead atoms. The van der Waals surface area contributed by atoms with Crippen molar-refractivity contribution < 1.29 is 9.47 Å². The second-order valence-corrected chi connectivity index (χ2v) is 7.00. The molecule has 1 aromatic carbocycles. The summed E-state index contributed by atoms with van der Waals surface area (Å²) in [6.07, 6.45) is 4.05. The number of guanidine groups is 1. The highest BCUT2D eigenvalue weighted by Gasteiger charge is 2.24. The minimum absolute atomic E-state index is 0.0618. The van der Waals surface area contributed by atoms with Crippen molar-refractivity contribution in [1.82, 2.24) is 10.2 Å². The minimum Gasteiger partial charge on any atom is -0.486 e. The number of rotatable bonds is 7. The van der Waals surface area contributed by atoms with Crippen LogP contribution in [-0.4, -0.2) is 51.3 Å². The summed E-state index contributed by atoms with van der Waals surface area (Å²) in [5.74, 6) is 2.58. The van der Waals surface area contributed by atoms with E-state index in [0.717, 1.165) is 43.4 Å². The first-order valence-corrected chi connectivity index (χ1v) is 8.91. The molecule has 1 aromatic rings.